The molecule has 0 bridgehead atoms. The lowest BCUT2D eigenvalue weighted by Crippen LogP contribution is -2.35. The summed E-state index contributed by atoms with van der Waals surface area (Å²) in [6, 6.07) is 7.11. The zero-order valence-electron chi connectivity index (χ0n) is 11.2. The molecule has 0 spiro atoms. The molecule has 3 nitrogen and oxygen atoms in total. The molecule has 98 valence electrons. The van der Waals surface area contributed by atoms with Crippen molar-refractivity contribution < 1.29 is 0 Å². The van der Waals surface area contributed by atoms with Crippen LogP contribution in [0.4, 0.5) is 11.4 Å². The second kappa shape index (κ2) is 4.81. The molecule has 2 fully saturated rings. The molecule has 0 radical (unpaired) electrons. The molecule has 1 atom stereocenters. The van der Waals surface area contributed by atoms with Crippen LogP contribution in [0, 0.1) is 6.92 Å². The highest BCUT2D eigenvalue weighted by Gasteiger charge is 2.29. The molecule has 0 aliphatic carbocycles. The van der Waals surface area contributed by atoms with Gasteiger partial charge in [-0.1, -0.05) is 12.1 Å². The van der Waals surface area contributed by atoms with Crippen LogP contribution < -0.4 is 10.6 Å². The van der Waals surface area contributed by atoms with Gasteiger partial charge in [-0.15, -0.1) is 0 Å². The highest BCUT2D eigenvalue weighted by Crippen LogP contribution is 2.30. The Kier molecular flexibility index (Phi) is 3.16. The van der Waals surface area contributed by atoms with Crippen LogP contribution >= 0.6 is 0 Å². The van der Waals surface area contributed by atoms with Gasteiger partial charge in [0.2, 0.25) is 0 Å². The summed E-state index contributed by atoms with van der Waals surface area (Å²) >= 11 is 0. The molecule has 0 aromatic heterocycles. The van der Waals surface area contributed by atoms with E-state index in [0.29, 0.717) is 0 Å². The standard InChI is InChI=1S/C15H23N3/c1-12-5-4-6-14(15(12)16)18-10-7-13(11-18)17-8-2-3-9-17/h4-6,13H,2-3,7-11,16H2,1H3. The lowest BCUT2D eigenvalue weighted by Gasteiger charge is -2.25. The quantitative estimate of drug-likeness (QED) is 0.811. The predicted octanol–water partition coefficient (Wildman–Crippen LogP) is 2.25. The molecule has 2 aliphatic heterocycles. The number of rotatable bonds is 2. The number of aryl methyl sites for hydroxylation is 1. The van der Waals surface area contributed by atoms with E-state index < -0.39 is 0 Å². The number of anilines is 2. The Labute approximate surface area is 110 Å². The Morgan fingerprint density at radius 2 is 1.94 bits per heavy atom. The first-order valence-corrected chi connectivity index (χ1v) is 7.10. The molecule has 2 aliphatic rings. The van der Waals surface area contributed by atoms with Crippen LogP contribution in [0.2, 0.25) is 0 Å². The van der Waals surface area contributed by atoms with Crippen molar-refractivity contribution in [2.24, 2.45) is 0 Å². The van der Waals surface area contributed by atoms with E-state index in [9.17, 15) is 0 Å². The number of hydrogen-bond acceptors (Lipinski definition) is 3. The number of hydrogen-bond donors (Lipinski definition) is 1. The molecule has 2 heterocycles. The summed E-state index contributed by atoms with van der Waals surface area (Å²) < 4.78 is 0. The molecule has 1 aromatic rings. The number of nitrogen functional groups attached to an aromatic ring is 1. The van der Waals surface area contributed by atoms with Crippen LogP contribution in [0.15, 0.2) is 18.2 Å². The minimum absolute atomic E-state index is 0.743. The van der Waals surface area contributed by atoms with E-state index in [0.717, 1.165) is 24.8 Å². The van der Waals surface area contributed by atoms with Crippen LogP contribution in [0.3, 0.4) is 0 Å². The van der Waals surface area contributed by atoms with E-state index in [1.807, 2.05) is 0 Å². The van der Waals surface area contributed by atoms with Crippen molar-refractivity contribution in [2.75, 3.05) is 36.8 Å². The number of benzene rings is 1. The van der Waals surface area contributed by atoms with Crippen molar-refractivity contribution in [3.63, 3.8) is 0 Å². The van der Waals surface area contributed by atoms with E-state index in [2.05, 4.69) is 34.9 Å². The molecular weight excluding hydrogens is 222 g/mol. The zero-order valence-corrected chi connectivity index (χ0v) is 11.2. The first-order valence-electron chi connectivity index (χ1n) is 7.10. The third-order valence-electron chi connectivity index (χ3n) is 4.46. The minimum atomic E-state index is 0.743. The lowest BCUT2D eigenvalue weighted by molar-refractivity contribution is 0.260. The third-order valence-corrected chi connectivity index (χ3v) is 4.46. The lowest BCUT2D eigenvalue weighted by atomic mass is 10.1. The number of nitrogens with zero attached hydrogens (tertiary/aromatic N) is 2. The average molecular weight is 245 g/mol. The van der Waals surface area contributed by atoms with Crippen molar-refractivity contribution in [1.82, 2.24) is 4.90 Å². The van der Waals surface area contributed by atoms with Crippen LogP contribution in [-0.4, -0.2) is 37.1 Å². The molecular formula is C15H23N3. The first kappa shape index (κ1) is 11.8. The number of para-hydroxylation sites is 1. The molecule has 1 unspecified atom stereocenters. The van der Waals surface area contributed by atoms with Crippen molar-refractivity contribution in [1.29, 1.82) is 0 Å². The van der Waals surface area contributed by atoms with Gasteiger partial charge in [-0.25, -0.2) is 0 Å². The smallest absolute Gasteiger partial charge is 0.0603 e. The van der Waals surface area contributed by atoms with Gasteiger partial charge in [0, 0.05) is 19.1 Å². The van der Waals surface area contributed by atoms with Gasteiger partial charge in [-0.3, -0.25) is 4.90 Å². The number of nitrogens with two attached hydrogens (primary N) is 1. The van der Waals surface area contributed by atoms with E-state index in [-0.39, 0.29) is 0 Å². The summed E-state index contributed by atoms with van der Waals surface area (Å²) in [6.07, 6.45) is 4.04. The van der Waals surface area contributed by atoms with Gasteiger partial charge < -0.3 is 10.6 Å². The largest absolute Gasteiger partial charge is 0.397 e. The highest BCUT2D eigenvalue weighted by atomic mass is 15.3. The van der Waals surface area contributed by atoms with E-state index in [1.165, 1.54) is 43.6 Å². The van der Waals surface area contributed by atoms with E-state index in [1.54, 1.807) is 0 Å². The van der Waals surface area contributed by atoms with Crippen LogP contribution in [-0.2, 0) is 0 Å². The molecule has 2 saturated heterocycles. The summed E-state index contributed by atoms with van der Waals surface area (Å²) in [7, 11) is 0. The van der Waals surface area contributed by atoms with E-state index >= 15 is 0 Å². The fourth-order valence-electron chi connectivity index (χ4n) is 3.31. The average Bonchev–Trinajstić information content (AvgIpc) is 3.01. The molecule has 1 aromatic carbocycles. The van der Waals surface area contributed by atoms with Crippen LogP contribution in [0.1, 0.15) is 24.8 Å². The van der Waals surface area contributed by atoms with Crippen molar-refractivity contribution >= 4 is 11.4 Å². The summed E-state index contributed by atoms with van der Waals surface area (Å²) in [5.74, 6) is 0. The first-order chi connectivity index (χ1) is 8.75. The van der Waals surface area contributed by atoms with Crippen LogP contribution in [0.25, 0.3) is 0 Å². The Bertz CT molecular complexity index is 424. The van der Waals surface area contributed by atoms with Gasteiger partial charge in [-0.05, 0) is 50.9 Å². The Balaban J connectivity index is 1.73. The maximum atomic E-state index is 6.21. The maximum Gasteiger partial charge on any atom is 0.0603 e. The Hall–Kier alpha value is -1.22. The monoisotopic (exact) mass is 245 g/mol. The van der Waals surface area contributed by atoms with Crippen molar-refractivity contribution in [2.45, 2.75) is 32.2 Å². The van der Waals surface area contributed by atoms with Gasteiger partial charge in [0.1, 0.15) is 0 Å². The third kappa shape index (κ3) is 2.07. The number of likely N-dealkylation sites (tertiary alicyclic amines) is 1. The second-order valence-electron chi connectivity index (χ2n) is 5.64. The molecule has 3 rings (SSSR count). The van der Waals surface area contributed by atoms with Gasteiger partial charge in [0.05, 0.1) is 11.4 Å². The van der Waals surface area contributed by atoms with Gasteiger partial charge in [0.25, 0.3) is 0 Å². The molecule has 18 heavy (non-hydrogen) atoms. The zero-order chi connectivity index (χ0) is 12.5. The molecule has 2 N–H and O–H groups in total. The second-order valence-corrected chi connectivity index (χ2v) is 5.64. The minimum Gasteiger partial charge on any atom is -0.397 e. The van der Waals surface area contributed by atoms with Crippen molar-refractivity contribution in [3.05, 3.63) is 23.8 Å². The predicted molar refractivity (Wildman–Crippen MR) is 77.0 cm³/mol. The SMILES string of the molecule is Cc1cccc(N2CCC(N3CCCC3)C2)c1N. The van der Waals surface area contributed by atoms with Crippen LogP contribution in [0.5, 0.6) is 0 Å². The van der Waals surface area contributed by atoms with E-state index in [4.69, 9.17) is 5.73 Å². The summed E-state index contributed by atoms with van der Waals surface area (Å²) in [5.41, 5.74) is 9.59. The summed E-state index contributed by atoms with van der Waals surface area (Å²) in [6.45, 7) is 6.97. The topological polar surface area (TPSA) is 32.5 Å². The van der Waals surface area contributed by atoms with Crippen molar-refractivity contribution in [3.8, 4) is 0 Å². The van der Waals surface area contributed by atoms with Gasteiger partial charge in [0.15, 0.2) is 0 Å². The highest BCUT2D eigenvalue weighted by molar-refractivity contribution is 5.71. The summed E-state index contributed by atoms with van der Waals surface area (Å²) in [4.78, 5) is 5.12. The summed E-state index contributed by atoms with van der Waals surface area (Å²) in [5, 5.41) is 0. The Morgan fingerprint density at radius 1 is 1.17 bits per heavy atom. The molecule has 0 saturated carbocycles. The Morgan fingerprint density at radius 3 is 2.72 bits per heavy atom. The fraction of sp³-hybridized carbons (Fsp3) is 0.600. The maximum absolute atomic E-state index is 6.21. The fourth-order valence-corrected chi connectivity index (χ4v) is 3.31. The molecule has 0 amide bonds. The molecule has 3 heteroatoms. The normalized spacial score (nSPS) is 24.9. The van der Waals surface area contributed by atoms with Gasteiger partial charge >= 0.3 is 0 Å². The van der Waals surface area contributed by atoms with Gasteiger partial charge in [-0.2, -0.15) is 0 Å².